The van der Waals surface area contributed by atoms with Gasteiger partial charge in [0.25, 0.3) is 0 Å². The van der Waals surface area contributed by atoms with Crippen LogP contribution >= 0.6 is 0 Å². The van der Waals surface area contributed by atoms with Gasteiger partial charge in [0.1, 0.15) is 0 Å². The van der Waals surface area contributed by atoms with Crippen molar-refractivity contribution in [1.82, 2.24) is 10.3 Å². The van der Waals surface area contributed by atoms with Crippen LogP contribution in [0.1, 0.15) is 18.9 Å². The predicted molar refractivity (Wildman–Crippen MR) is 63.0 cm³/mol. The van der Waals surface area contributed by atoms with Gasteiger partial charge >= 0.3 is 0 Å². The third kappa shape index (κ3) is 2.16. The Morgan fingerprint density at radius 1 is 1.62 bits per heavy atom. The Bertz CT molecular complexity index is 367. The Morgan fingerprint density at radius 3 is 3.06 bits per heavy atom. The lowest BCUT2D eigenvalue weighted by Gasteiger charge is -2.18. The molecule has 16 heavy (non-hydrogen) atoms. The van der Waals surface area contributed by atoms with Crippen molar-refractivity contribution < 1.29 is 4.39 Å². The highest BCUT2D eigenvalue weighted by Gasteiger charge is 2.23. The number of halogens is 1. The quantitative estimate of drug-likeness (QED) is 0.846. The summed E-state index contributed by atoms with van der Waals surface area (Å²) in [5, 5.41) is 2.97. The standard InChI is InChI=1S/C12H18FN3/c1-9-4-6-16(8-9)12-11(13)10(7-14-2)3-5-15-12/h3,5,9,14H,4,6-8H2,1-2H3. The largest absolute Gasteiger partial charge is 0.354 e. The van der Waals surface area contributed by atoms with E-state index < -0.39 is 0 Å². The van der Waals surface area contributed by atoms with Gasteiger partial charge in [-0.2, -0.15) is 0 Å². The zero-order chi connectivity index (χ0) is 11.5. The van der Waals surface area contributed by atoms with Crippen LogP contribution in [0.15, 0.2) is 12.3 Å². The molecule has 1 N–H and O–H groups in total. The lowest BCUT2D eigenvalue weighted by molar-refractivity contribution is 0.588. The fourth-order valence-electron chi connectivity index (χ4n) is 2.15. The molecular weight excluding hydrogens is 205 g/mol. The number of hydrogen-bond donors (Lipinski definition) is 1. The van der Waals surface area contributed by atoms with Gasteiger partial charge in [-0.3, -0.25) is 0 Å². The van der Waals surface area contributed by atoms with Crippen LogP contribution in [0.3, 0.4) is 0 Å². The molecule has 1 aromatic heterocycles. The van der Waals surface area contributed by atoms with Crippen molar-refractivity contribution in [2.75, 3.05) is 25.0 Å². The Labute approximate surface area is 95.7 Å². The first kappa shape index (κ1) is 11.3. The highest BCUT2D eigenvalue weighted by atomic mass is 19.1. The molecule has 1 atom stereocenters. The third-order valence-corrected chi connectivity index (χ3v) is 3.04. The molecule has 0 spiro atoms. The molecule has 1 unspecified atom stereocenters. The molecule has 2 rings (SSSR count). The number of nitrogens with one attached hydrogen (secondary N) is 1. The number of pyridine rings is 1. The molecule has 0 aromatic carbocycles. The molecule has 2 heterocycles. The Hall–Kier alpha value is -1.16. The van der Waals surface area contributed by atoms with Gasteiger partial charge in [0.2, 0.25) is 0 Å². The summed E-state index contributed by atoms with van der Waals surface area (Å²) in [5.41, 5.74) is 0.687. The topological polar surface area (TPSA) is 28.2 Å². The van der Waals surface area contributed by atoms with Crippen molar-refractivity contribution >= 4 is 5.82 Å². The maximum Gasteiger partial charge on any atom is 0.170 e. The summed E-state index contributed by atoms with van der Waals surface area (Å²) in [4.78, 5) is 6.20. The first-order chi connectivity index (χ1) is 7.72. The zero-order valence-electron chi connectivity index (χ0n) is 9.83. The minimum atomic E-state index is -0.175. The normalized spacial score (nSPS) is 20.4. The Balaban J connectivity index is 2.23. The first-order valence-electron chi connectivity index (χ1n) is 5.75. The van der Waals surface area contributed by atoms with Gasteiger partial charge in [-0.05, 0) is 25.5 Å². The lowest BCUT2D eigenvalue weighted by atomic mass is 10.2. The molecule has 0 aliphatic carbocycles. The van der Waals surface area contributed by atoms with E-state index in [0.717, 1.165) is 19.5 Å². The number of nitrogens with zero attached hydrogens (tertiary/aromatic N) is 2. The fourth-order valence-corrected chi connectivity index (χ4v) is 2.15. The second kappa shape index (κ2) is 4.78. The second-order valence-electron chi connectivity index (χ2n) is 4.48. The number of aromatic nitrogens is 1. The lowest BCUT2D eigenvalue weighted by Crippen LogP contribution is -2.22. The molecule has 1 aliphatic heterocycles. The Kier molecular flexibility index (Phi) is 3.39. The molecule has 1 aliphatic rings. The van der Waals surface area contributed by atoms with E-state index in [9.17, 15) is 4.39 Å². The molecular formula is C12H18FN3. The van der Waals surface area contributed by atoms with Crippen LogP contribution < -0.4 is 10.2 Å². The van der Waals surface area contributed by atoms with Gasteiger partial charge in [0, 0.05) is 31.4 Å². The molecule has 0 radical (unpaired) electrons. The van der Waals surface area contributed by atoms with Crippen molar-refractivity contribution in [2.24, 2.45) is 5.92 Å². The molecule has 1 aromatic rings. The van der Waals surface area contributed by atoms with E-state index in [1.807, 2.05) is 11.9 Å². The van der Waals surface area contributed by atoms with Crippen LogP contribution in [-0.2, 0) is 6.54 Å². The second-order valence-corrected chi connectivity index (χ2v) is 4.48. The van der Waals surface area contributed by atoms with Crippen LogP contribution in [0.25, 0.3) is 0 Å². The molecule has 88 valence electrons. The first-order valence-corrected chi connectivity index (χ1v) is 5.75. The predicted octanol–water partition coefficient (Wildman–Crippen LogP) is 1.79. The molecule has 0 bridgehead atoms. The third-order valence-electron chi connectivity index (χ3n) is 3.04. The van der Waals surface area contributed by atoms with E-state index in [1.165, 1.54) is 0 Å². The van der Waals surface area contributed by atoms with Gasteiger partial charge < -0.3 is 10.2 Å². The van der Waals surface area contributed by atoms with E-state index in [0.29, 0.717) is 23.8 Å². The van der Waals surface area contributed by atoms with E-state index in [4.69, 9.17) is 0 Å². The average Bonchev–Trinajstić information content (AvgIpc) is 2.68. The van der Waals surface area contributed by atoms with E-state index in [-0.39, 0.29) is 5.82 Å². The van der Waals surface area contributed by atoms with Crippen LogP contribution in [-0.4, -0.2) is 25.1 Å². The number of rotatable bonds is 3. The number of anilines is 1. The van der Waals surface area contributed by atoms with Crippen molar-refractivity contribution in [2.45, 2.75) is 19.9 Å². The summed E-state index contributed by atoms with van der Waals surface area (Å²) in [6, 6.07) is 1.73. The van der Waals surface area contributed by atoms with Crippen LogP contribution in [0.2, 0.25) is 0 Å². The molecule has 0 amide bonds. The van der Waals surface area contributed by atoms with Gasteiger partial charge in [-0.1, -0.05) is 6.92 Å². The van der Waals surface area contributed by atoms with Gasteiger partial charge in [0.15, 0.2) is 11.6 Å². The van der Waals surface area contributed by atoms with Crippen molar-refractivity contribution in [1.29, 1.82) is 0 Å². The van der Waals surface area contributed by atoms with Gasteiger partial charge in [0.05, 0.1) is 0 Å². The minimum Gasteiger partial charge on any atom is -0.354 e. The zero-order valence-corrected chi connectivity index (χ0v) is 9.83. The monoisotopic (exact) mass is 223 g/mol. The van der Waals surface area contributed by atoms with Crippen molar-refractivity contribution in [3.63, 3.8) is 0 Å². The van der Waals surface area contributed by atoms with Crippen LogP contribution in [0, 0.1) is 11.7 Å². The highest BCUT2D eigenvalue weighted by molar-refractivity contribution is 5.44. The summed E-state index contributed by atoms with van der Waals surface area (Å²) in [6.07, 6.45) is 2.81. The van der Waals surface area contributed by atoms with E-state index in [2.05, 4.69) is 17.2 Å². The summed E-state index contributed by atoms with van der Waals surface area (Å²) in [6.45, 7) is 4.56. The minimum absolute atomic E-state index is 0.175. The molecule has 1 saturated heterocycles. The maximum atomic E-state index is 14.1. The fraction of sp³-hybridized carbons (Fsp3) is 0.583. The van der Waals surface area contributed by atoms with Gasteiger partial charge in [-0.25, -0.2) is 9.37 Å². The molecule has 3 nitrogen and oxygen atoms in total. The molecule has 0 saturated carbocycles. The SMILES string of the molecule is CNCc1ccnc(N2CCC(C)C2)c1F. The summed E-state index contributed by atoms with van der Waals surface area (Å²) in [5.74, 6) is 0.970. The van der Waals surface area contributed by atoms with Crippen molar-refractivity contribution in [3.05, 3.63) is 23.6 Å². The highest BCUT2D eigenvalue weighted by Crippen LogP contribution is 2.25. The smallest absolute Gasteiger partial charge is 0.170 e. The van der Waals surface area contributed by atoms with Gasteiger partial charge in [-0.15, -0.1) is 0 Å². The number of hydrogen-bond acceptors (Lipinski definition) is 3. The van der Waals surface area contributed by atoms with Crippen molar-refractivity contribution in [3.8, 4) is 0 Å². The van der Waals surface area contributed by atoms with E-state index in [1.54, 1.807) is 12.3 Å². The van der Waals surface area contributed by atoms with Crippen LogP contribution in [0.4, 0.5) is 10.2 Å². The summed E-state index contributed by atoms with van der Waals surface area (Å²) >= 11 is 0. The molecule has 1 fully saturated rings. The van der Waals surface area contributed by atoms with E-state index >= 15 is 0 Å². The average molecular weight is 223 g/mol. The summed E-state index contributed by atoms with van der Waals surface area (Å²) < 4.78 is 14.1. The molecule has 4 heteroatoms. The van der Waals surface area contributed by atoms with Crippen LogP contribution in [0.5, 0.6) is 0 Å². The maximum absolute atomic E-state index is 14.1. The Morgan fingerprint density at radius 2 is 2.44 bits per heavy atom. The summed E-state index contributed by atoms with van der Waals surface area (Å²) in [7, 11) is 1.82.